The lowest BCUT2D eigenvalue weighted by Crippen LogP contribution is -2.48. The summed E-state index contributed by atoms with van der Waals surface area (Å²) in [6.45, 7) is 22.3. The highest BCUT2D eigenvalue weighted by atomic mass is 28.4. The lowest BCUT2D eigenvalue weighted by atomic mass is 10.1. The molecule has 3 aromatic rings. The minimum Gasteiger partial charge on any atom is -0.414 e. The van der Waals surface area contributed by atoms with Gasteiger partial charge in [0.15, 0.2) is 16.6 Å². The first-order valence-corrected chi connectivity index (χ1v) is 22.7. The van der Waals surface area contributed by atoms with Gasteiger partial charge in [0.1, 0.15) is 17.9 Å². The van der Waals surface area contributed by atoms with E-state index in [0.717, 1.165) is 16.5 Å². The highest BCUT2D eigenvalue weighted by Crippen LogP contribution is 2.42. The van der Waals surface area contributed by atoms with E-state index in [1.807, 2.05) is 43.3 Å². The molecule has 0 aliphatic carbocycles. The van der Waals surface area contributed by atoms with E-state index in [-0.39, 0.29) is 40.3 Å². The molecule has 1 amide bonds. The van der Waals surface area contributed by atoms with Crippen molar-refractivity contribution in [1.82, 2.24) is 14.9 Å². The number of rotatable bonds is 9. The Kier molecular flexibility index (Phi) is 11.3. The largest absolute Gasteiger partial charge is 0.414 e. The van der Waals surface area contributed by atoms with Gasteiger partial charge in [-0.15, -0.1) is 0 Å². The summed E-state index contributed by atoms with van der Waals surface area (Å²) < 4.78 is 21.3. The van der Waals surface area contributed by atoms with Gasteiger partial charge in [-0.3, -0.25) is 19.1 Å². The standard InChI is InChI=1S/C37H54N4O6Si2/c1-36(2,3)48(9,10)45-24-31-30(47-49(11,12)37(4,5)6)22-32(46-31)41-23-28(34(43)39-35(41)44)14-13-19-38-33(42)27-16-15-26-21-29(40(7)8)18-17-25(26)20-27/h15-18,20-21,23,30-32H,19,22,24H2,1-12H3,(H,38,42)(H,39,43,44)/t30-,31+,32+/m0/s1. The number of carbonyl (C=O) groups is 1. The first kappa shape index (κ1) is 38.3. The third kappa shape index (κ3) is 9.01. The molecule has 2 heterocycles. The zero-order chi connectivity index (χ0) is 36.5. The van der Waals surface area contributed by atoms with Gasteiger partial charge < -0.3 is 23.8 Å². The van der Waals surface area contributed by atoms with Crippen molar-refractivity contribution < 1.29 is 18.4 Å². The molecular weight excluding hydrogens is 653 g/mol. The van der Waals surface area contributed by atoms with Gasteiger partial charge in [-0.1, -0.05) is 65.5 Å². The van der Waals surface area contributed by atoms with Crippen LogP contribution in [0.4, 0.5) is 5.69 Å². The van der Waals surface area contributed by atoms with Gasteiger partial charge in [-0.25, -0.2) is 4.79 Å². The molecule has 49 heavy (non-hydrogen) atoms. The van der Waals surface area contributed by atoms with E-state index in [2.05, 4.69) is 95.9 Å². The number of carbonyl (C=O) groups excluding carboxylic acids is 1. The number of H-pyrrole nitrogens is 1. The number of aromatic amines is 1. The Hall–Kier alpha value is -3.48. The van der Waals surface area contributed by atoms with Crippen LogP contribution in [0.2, 0.25) is 36.3 Å². The minimum atomic E-state index is -2.19. The molecule has 1 saturated heterocycles. The number of aromatic nitrogens is 2. The lowest BCUT2D eigenvalue weighted by molar-refractivity contribution is -0.0412. The maximum Gasteiger partial charge on any atom is 0.330 e. The van der Waals surface area contributed by atoms with Crippen LogP contribution < -0.4 is 21.5 Å². The summed E-state index contributed by atoms with van der Waals surface area (Å²) in [5, 5.41) is 4.79. The zero-order valence-electron chi connectivity index (χ0n) is 31.2. The van der Waals surface area contributed by atoms with Crippen molar-refractivity contribution in [2.24, 2.45) is 0 Å². The van der Waals surface area contributed by atoms with Gasteiger partial charge in [-0.05, 0) is 71.3 Å². The number of nitrogens with zero attached hydrogens (tertiary/aromatic N) is 2. The fourth-order valence-electron chi connectivity index (χ4n) is 5.01. The molecule has 4 rings (SSSR count). The van der Waals surface area contributed by atoms with Crippen molar-refractivity contribution in [3.63, 3.8) is 0 Å². The second-order valence-electron chi connectivity index (χ2n) is 16.2. The number of benzene rings is 2. The van der Waals surface area contributed by atoms with Crippen LogP contribution in [0.5, 0.6) is 0 Å². The van der Waals surface area contributed by atoms with E-state index in [0.29, 0.717) is 18.6 Å². The van der Waals surface area contributed by atoms with Crippen LogP contribution in [0.1, 0.15) is 70.1 Å². The average molecular weight is 707 g/mol. The summed E-state index contributed by atoms with van der Waals surface area (Å²) in [5.41, 5.74) is 0.507. The van der Waals surface area contributed by atoms with Crippen molar-refractivity contribution in [3.8, 4) is 11.8 Å². The highest BCUT2D eigenvalue weighted by Gasteiger charge is 2.46. The molecule has 0 bridgehead atoms. The Labute approximate surface area is 292 Å². The van der Waals surface area contributed by atoms with E-state index in [1.165, 1.54) is 10.8 Å². The van der Waals surface area contributed by atoms with Crippen LogP contribution in [-0.2, 0) is 13.6 Å². The summed E-state index contributed by atoms with van der Waals surface area (Å²) in [7, 11) is -0.305. The van der Waals surface area contributed by atoms with Gasteiger partial charge in [0, 0.05) is 38.0 Å². The zero-order valence-corrected chi connectivity index (χ0v) is 33.2. The molecule has 0 radical (unpaired) electrons. The molecule has 1 fully saturated rings. The Balaban J connectivity index is 1.50. The predicted octanol–water partition coefficient (Wildman–Crippen LogP) is 6.24. The molecule has 12 heteroatoms. The number of hydrogen-bond acceptors (Lipinski definition) is 7. The summed E-state index contributed by atoms with van der Waals surface area (Å²) in [5.74, 6) is 5.41. The highest BCUT2D eigenvalue weighted by molar-refractivity contribution is 6.74. The van der Waals surface area contributed by atoms with Crippen LogP contribution >= 0.6 is 0 Å². The second-order valence-corrected chi connectivity index (χ2v) is 25.8. The van der Waals surface area contributed by atoms with Crippen LogP contribution in [0.15, 0.2) is 52.2 Å². The van der Waals surface area contributed by atoms with E-state index < -0.39 is 34.1 Å². The molecule has 0 unspecified atom stereocenters. The van der Waals surface area contributed by atoms with Gasteiger partial charge in [0.2, 0.25) is 0 Å². The topological polar surface area (TPSA) is 115 Å². The van der Waals surface area contributed by atoms with E-state index in [4.69, 9.17) is 13.6 Å². The Morgan fingerprint density at radius 1 is 1.00 bits per heavy atom. The van der Waals surface area contributed by atoms with E-state index >= 15 is 0 Å². The van der Waals surface area contributed by atoms with E-state index in [1.54, 1.807) is 6.07 Å². The molecule has 10 nitrogen and oxygen atoms in total. The number of anilines is 1. The number of nitrogens with one attached hydrogen (secondary N) is 2. The molecule has 2 aromatic carbocycles. The summed E-state index contributed by atoms with van der Waals surface area (Å²) in [4.78, 5) is 43.1. The average Bonchev–Trinajstić information content (AvgIpc) is 3.38. The van der Waals surface area contributed by atoms with Crippen molar-refractivity contribution in [1.29, 1.82) is 0 Å². The van der Waals surface area contributed by atoms with E-state index in [9.17, 15) is 14.4 Å². The summed E-state index contributed by atoms with van der Waals surface area (Å²) >= 11 is 0. The van der Waals surface area contributed by atoms with Crippen molar-refractivity contribution >= 4 is 39.0 Å². The number of ether oxygens (including phenoxy) is 1. The molecule has 0 spiro atoms. The fourth-order valence-corrected chi connectivity index (χ4v) is 7.39. The van der Waals surface area contributed by atoms with Gasteiger partial charge in [-0.2, -0.15) is 0 Å². The molecule has 1 aliphatic rings. The number of fused-ring (bicyclic) bond motifs is 1. The Morgan fingerprint density at radius 3 is 2.27 bits per heavy atom. The van der Waals surface area contributed by atoms with Crippen LogP contribution in [0, 0.1) is 11.8 Å². The Bertz CT molecular complexity index is 1860. The van der Waals surface area contributed by atoms with Crippen molar-refractivity contribution in [2.45, 2.75) is 103 Å². The second kappa shape index (κ2) is 14.4. The number of hydrogen-bond donors (Lipinski definition) is 2. The summed E-state index contributed by atoms with van der Waals surface area (Å²) in [6, 6.07) is 11.6. The quantitative estimate of drug-likeness (QED) is 0.200. The van der Waals surface area contributed by atoms with Gasteiger partial charge in [0.25, 0.3) is 11.5 Å². The molecular formula is C37H54N4O6Si2. The molecule has 2 N–H and O–H groups in total. The molecule has 0 saturated carbocycles. The Morgan fingerprint density at radius 2 is 1.63 bits per heavy atom. The van der Waals surface area contributed by atoms with Gasteiger partial charge in [0.05, 0.1) is 19.3 Å². The predicted molar refractivity (Wildman–Crippen MR) is 203 cm³/mol. The molecule has 1 aromatic heterocycles. The van der Waals surface area contributed by atoms with Crippen molar-refractivity contribution in [3.05, 3.63) is 74.6 Å². The smallest absolute Gasteiger partial charge is 0.330 e. The maximum atomic E-state index is 13.1. The third-order valence-corrected chi connectivity index (χ3v) is 19.3. The fraction of sp³-hybridized carbons (Fsp3) is 0.541. The number of amides is 1. The maximum absolute atomic E-state index is 13.1. The summed E-state index contributed by atoms with van der Waals surface area (Å²) in [6.07, 6.45) is 0.516. The molecule has 1 aliphatic heterocycles. The van der Waals surface area contributed by atoms with Crippen LogP contribution in [0.3, 0.4) is 0 Å². The normalized spacial score (nSPS) is 18.7. The van der Waals surface area contributed by atoms with Crippen LogP contribution in [0.25, 0.3) is 10.8 Å². The molecule has 3 atom stereocenters. The third-order valence-electron chi connectivity index (χ3n) is 10.3. The minimum absolute atomic E-state index is 0.0181. The lowest BCUT2D eigenvalue weighted by Gasteiger charge is -2.40. The monoisotopic (exact) mass is 706 g/mol. The first-order chi connectivity index (χ1) is 22.6. The SMILES string of the molecule is CN(C)c1ccc2cc(C(=O)NCC#Cc3cn([C@H]4C[C@H](O[Si](C)(C)C(C)(C)C)[C@@H](CO[Si](C)(C)C(C)(C)C)O4)c(=O)[nH]c3=O)ccc2c1. The van der Waals surface area contributed by atoms with Crippen molar-refractivity contribution in [2.75, 3.05) is 32.1 Å². The van der Waals surface area contributed by atoms with Crippen LogP contribution in [-0.4, -0.2) is 71.5 Å². The van der Waals surface area contributed by atoms with Gasteiger partial charge >= 0.3 is 5.69 Å². The first-order valence-electron chi connectivity index (χ1n) is 16.9. The molecule has 266 valence electrons.